The summed E-state index contributed by atoms with van der Waals surface area (Å²) in [5.41, 5.74) is 6.80. The molecule has 0 unspecified atom stereocenters. The molecule has 10 heteroatoms. The summed E-state index contributed by atoms with van der Waals surface area (Å²) in [5.74, 6) is -0.210. The van der Waals surface area contributed by atoms with Gasteiger partial charge in [-0.1, -0.05) is 12.1 Å². The lowest BCUT2D eigenvalue weighted by molar-refractivity contribution is -0.189. The molecular weight excluding hydrogens is 475 g/mol. The fourth-order valence-electron chi connectivity index (χ4n) is 7.14. The molecule has 36 heavy (non-hydrogen) atoms. The van der Waals surface area contributed by atoms with Crippen LogP contribution in [0, 0.1) is 23.7 Å². The van der Waals surface area contributed by atoms with E-state index in [2.05, 4.69) is 10.1 Å². The van der Waals surface area contributed by atoms with Gasteiger partial charge in [-0.05, 0) is 92.7 Å². The molecule has 2 atom stereocenters. The van der Waals surface area contributed by atoms with Gasteiger partial charge in [-0.15, -0.1) is 0 Å². The van der Waals surface area contributed by atoms with Crippen molar-refractivity contribution in [3.63, 3.8) is 0 Å². The molecule has 0 aromatic heterocycles. The largest absolute Gasteiger partial charge is 0.491 e. The first-order chi connectivity index (χ1) is 17.1. The maximum absolute atomic E-state index is 13.3. The molecule has 1 saturated heterocycles. The maximum atomic E-state index is 13.3. The van der Waals surface area contributed by atoms with Crippen molar-refractivity contribution in [3.8, 4) is 5.75 Å². The third kappa shape index (κ3) is 5.10. The number of nitrogens with zero attached hydrogens (tertiary/aromatic N) is 1. The summed E-state index contributed by atoms with van der Waals surface area (Å²) in [6.45, 7) is 0.471. The Balaban J connectivity index is 1.16. The van der Waals surface area contributed by atoms with Crippen molar-refractivity contribution in [1.82, 2.24) is 10.2 Å². The lowest BCUT2D eigenvalue weighted by Crippen LogP contribution is -2.59. The third-order valence-corrected chi connectivity index (χ3v) is 8.51. The van der Waals surface area contributed by atoms with Crippen molar-refractivity contribution >= 4 is 17.8 Å². The van der Waals surface area contributed by atoms with Crippen LogP contribution in [0.4, 0.5) is 13.2 Å². The van der Waals surface area contributed by atoms with Gasteiger partial charge in [0.15, 0.2) is 0 Å². The summed E-state index contributed by atoms with van der Waals surface area (Å²) < 4.78 is 41.4. The summed E-state index contributed by atoms with van der Waals surface area (Å²) in [4.78, 5) is 39.0. The second-order valence-electron chi connectivity index (χ2n) is 11.0. The summed E-state index contributed by atoms with van der Waals surface area (Å²) in [6.07, 6.45) is 2.55. The molecule has 4 bridgehead atoms. The van der Waals surface area contributed by atoms with Crippen LogP contribution in [-0.4, -0.2) is 53.5 Å². The van der Waals surface area contributed by atoms with Crippen LogP contribution >= 0.6 is 0 Å². The van der Waals surface area contributed by atoms with Crippen LogP contribution in [0.25, 0.3) is 0 Å². The zero-order valence-corrected chi connectivity index (χ0v) is 20.0. The van der Waals surface area contributed by atoms with E-state index in [1.165, 1.54) is 56.4 Å². The van der Waals surface area contributed by atoms with Gasteiger partial charge >= 0.3 is 12.1 Å². The molecule has 0 radical (unpaired) electrons. The van der Waals surface area contributed by atoms with E-state index in [9.17, 15) is 27.6 Å². The topological polar surface area (TPSA) is 102 Å². The Bertz CT molecular complexity index is 985. The van der Waals surface area contributed by atoms with E-state index in [-0.39, 0.29) is 30.0 Å². The van der Waals surface area contributed by atoms with Gasteiger partial charge in [-0.25, -0.2) is 4.79 Å². The average molecular weight is 508 g/mol. The predicted molar refractivity (Wildman–Crippen MR) is 124 cm³/mol. The van der Waals surface area contributed by atoms with E-state index >= 15 is 0 Å². The van der Waals surface area contributed by atoms with Gasteiger partial charge in [0.05, 0.1) is 6.04 Å². The van der Waals surface area contributed by atoms with E-state index in [4.69, 9.17) is 5.73 Å². The molecule has 6 rings (SSSR count). The van der Waals surface area contributed by atoms with E-state index in [0.717, 1.165) is 18.3 Å². The molecule has 1 heterocycles. The normalized spacial score (nSPS) is 31.8. The molecule has 4 saturated carbocycles. The molecule has 1 aromatic carbocycles. The summed E-state index contributed by atoms with van der Waals surface area (Å²) >= 11 is 0. The highest BCUT2D eigenvalue weighted by Crippen LogP contribution is 2.53. The van der Waals surface area contributed by atoms with Crippen LogP contribution in [-0.2, 0) is 20.8 Å². The molecule has 3 N–H and O–H groups in total. The Morgan fingerprint density at radius 3 is 2.22 bits per heavy atom. The van der Waals surface area contributed by atoms with Gasteiger partial charge in [0.1, 0.15) is 11.8 Å². The molecule has 5 fully saturated rings. The number of benzene rings is 1. The molecule has 1 aliphatic heterocycles. The standard InChI is InChI=1S/C26H32F3N3O4/c27-26(28,29)25(35)36-19-5-3-14(4-6-19)13-20(30)24(34)32-7-1-2-21(32)23(33)31-22-17-9-15-8-16(11-17)12-18(22)10-15/h3-6,15-18,20-22H,1-2,7-13,30H2,(H,31,33)/t15?,16?,17?,18?,20-,21+,22?/m0/s1. The zero-order valence-electron chi connectivity index (χ0n) is 20.0. The molecule has 1 aromatic rings. The Labute approximate surface area is 207 Å². The molecule has 196 valence electrons. The number of hydrogen-bond acceptors (Lipinski definition) is 5. The summed E-state index contributed by atoms with van der Waals surface area (Å²) in [6, 6.07) is 4.18. The van der Waals surface area contributed by atoms with Crippen molar-refractivity contribution < 1.29 is 32.3 Å². The monoisotopic (exact) mass is 507 g/mol. The number of amides is 2. The Kier molecular flexibility index (Phi) is 6.74. The van der Waals surface area contributed by atoms with E-state index in [0.29, 0.717) is 30.4 Å². The Morgan fingerprint density at radius 2 is 1.64 bits per heavy atom. The van der Waals surface area contributed by atoms with Gasteiger partial charge in [0.2, 0.25) is 11.8 Å². The number of carbonyl (C=O) groups is 3. The highest BCUT2D eigenvalue weighted by atomic mass is 19.4. The van der Waals surface area contributed by atoms with E-state index < -0.39 is 24.2 Å². The highest BCUT2D eigenvalue weighted by Gasteiger charge is 2.49. The third-order valence-electron chi connectivity index (χ3n) is 8.51. The van der Waals surface area contributed by atoms with Crippen molar-refractivity contribution in [2.24, 2.45) is 29.4 Å². The van der Waals surface area contributed by atoms with Gasteiger partial charge in [0.25, 0.3) is 0 Å². The quantitative estimate of drug-likeness (QED) is 0.456. The van der Waals surface area contributed by atoms with Crippen molar-refractivity contribution in [2.75, 3.05) is 6.54 Å². The second-order valence-corrected chi connectivity index (χ2v) is 11.0. The van der Waals surface area contributed by atoms with Crippen molar-refractivity contribution in [1.29, 1.82) is 0 Å². The van der Waals surface area contributed by atoms with Crippen LogP contribution in [0.5, 0.6) is 5.75 Å². The summed E-state index contributed by atoms with van der Waals surface area (Å²) in [7, 11) is 0. The molecule has 0 spiro atoms. The molecular formula is C26H32F3N3O4. The first-order valence-corrected chi connectivity index (χ1v) is 12.8. The van der Waals surface area contributed by atoms with Gasteiger partial charge < -0.3 is 20.7 Å². The number of carbonyl (C=O) groups excluding carboxylic acids is 3. The number of ether oxygens (including phenoxy) is 1. The number of rotatable bonds is 6. The average Bonchev–Trinajstić information content (AvgIpc) is 3.31. The molecule has 7 nitrogen and oxygen atoms in total. The number of nitrogens with one attached hydrogen (secondary N) is 1. The van der Waals surface area contributed by atoms with Crippen molar-refractivity contribution in [3.05, 3.63) is 29.8 Å². The maximum Gasteiger partial charge on any atom is 0.491 e. The fourth-order valence-corrected chi connectivity index (χ4v) is 7.14. The number of nitrogens with two attached hydrogens (primary N) is 1. The lowest BCUT2D eigenvalue weighted by atomic mass is 9.54. The molecule has 5 aliphatic rings. The Hall–Kier alpha value is -2.62. The van der Waals surface area contributed by atoms with Crippen LogP contribution in [0.3, 0.4) is 0 Å². The van der Waals surface area contributed by atoms with Gasteiger partial charge in [-0.3, -0.25) is 9.59 Å². The molecule has 4 aliphatic carbocycles. The van der Waals surface area contributed by atoms with Crippen LogP contribution in [0.2, 0.25) is 0 Å². The first-order valence-electron chi connectivity index (χ1n) is 12.8. The zero-order chi connectivity index (χ0) is 25.6. The SMILES string of the molecule is N[C@@H](Cc1ccc(OC(=O)C(F)(F)F)cc1)C(=O)N1CCC[C@@H]1C(=O)NC1C2CC3CC(C2)CC1C3. The lowest BCUT2D eigenvalue weighted by Gasteiger charge is -2.54. The minimum absolute atomic E-state index is 0.0821. The fraction of sp³-hybridized carbons (Fsp3) is 0.654. The van der Waals surface area contributed by atoms with Crippen LogP contribution in [0.1, 0.15) is 50.5 Å². The molecule has 2 amide bonds. The number of alkyl halides is 3. The minimum atomic E-state index is -5.08. The predicted octanol–water partition coefficient (Wildman–Crippen LogP) is 2.96. The smallest absolute Gasteiger partial charge is 0.420 e. The number of hydrogen-bond donors (Lipinski definition) is 2. The van der Waals surface area contributed by atoms with Crippen molar-refractivity contribution in [2.45, 2.75) is 75.7 Å². The number of likely N-dealkylation sites (tertiary alicyclic amines) is 1. The first kappa shape index (κ1) is 25.0. The van der Waals surface area contributed by atoms with Gasteiger partial charge in [-0.2, -0.15) is 13.2 Å². The summed E-state index contributed by atoms with van der Waals surface area (Å²) in [5, 5.41) is 3.31. The van der Waals surface area contributed by atoms with Gasteiger partial charge in [0, 0.05) is 12.6 Å². The number of esters is 1. The van der Waals surface area contributed by atoms with E-state index in [1.807, 2.05) is 0 Å². The second kappa shape index (κ2) is 9.68. The van der Waals surface area contributed by atoms with Crippen LogP contribution < -0.4 is 15.8 Å². The highest BCUT2D eigenvalue weighted by molar-refractivity contribution is 5.90. The van der Waals surface area contributed by atoms with Crippen LogP contribution in [0.15, 0.2) is 24.3 Å². The minimum Gasteiger partial charge on any atom is -0.420 e. The number of halogens is 3. The van der Waals surface area contributed by atoms with E-state index in [1.54, 1.807) is 4.90 Å². The Morgan fingerprint density at radius 1 is 1.03 bits per heavy atom.